The maximum Gasteiger partial charge on any atom is 0.432 e. The van der Waals surface area contributed by atoms with Gasteiger partial charge < -0.3 is 0 Å². The summed E-state index contributed by atoms with van der Waals surface area (Å²) in [6.45, 7) is 4.00. The molecule has 5 heteroatoms. The van der Waals surface area contributed by atoms with Crippen LogP contribution >= 0.6 is 0 Å². The van der Waals surface area contributed by atoms with Crippen molar-refractivity contribution in [2.24, 2.45) is 0 Å². The molecule has 0 saturated carbocycles. The van der Waals surface area contributed by atoms with Crippen molar-refractivity contribution in [1.82, 2.24) is 10.2 Å². The quantitative estimate of drug-likeness (QED) is 0.630. The van der Waals surface area contributed by atoms with Gasteiger partial charge in [0.1, 0.15) is 5.69 Å². The molecule has 0 atom stereocenters. The van der Waals surface area contributed by atoms with E-state index in [9.17, 15) is 13.2 Å². The Hall–Kier alpha value is -1.00. The molecule has 2 nitrogen and oxygen atoms in total. The molecule has 0 fully saturated rings. The van der Waals surface area contributed by atoms with Gasteiger partial charge in [-0.15, -0.1) is 0 Å². The first kappa shape index (κ1) is 10.0. The summed E-state index contributed by atoms with van der Waals surface area (Å²) >= 11 is 0. The molecule has 0 unspecified atom stereocenters. The highest BCUT2D eigenvalue weighted by molar-refractivity contribution is 5.01. The molecular formula is C6H9F3N2. The van der Waals surface area contributed by atoms with Gasteiger partial charge in [-0.2, -0.15) is 18.3 Å². The number of halogens is 3. The molecule has 1 rings (SSSR count). The van der Waals surface area contributed by atoms with Crippen molar-refractivity contribution in [1.29, 1.82) is 0 Å². The second kappa shape index (κ2) is 4.00. The van der Waals surface area contributed by atoms with E-state index < -0.39 is 11.9 Å². The van der Waals surface area contributed by atoms with Crippen LogP contribution in [0.25, 0.3) is 0 Å². The molecule has 0 aliphatic rings. The van der Waals surface area contributed by atoms with Crippen LogP contribution in [0.2, 0.25) is 0 Å². The van der Waals surface area contributed by atoms with Crippen LogP contribution in [0.5, 0.6) is 0 Å². The Kier molecular flexibility index (Phi) is 3.64. The van der Waals surface area contributed by atoms with Gasteiger partial charge in [0.2, 0.25) is 0 Å². The number of hydrogen-bond donors (Lipinski definition) is 1. The maximum absolute atomic E-state index is 11.5. The Morgan fingerprint density at radius 3 is 2.09 bits per heavy atom. The van der Waals surface area contributed by atoms with Gasteiger partial charge in [0.25, 0.3) is 0 Å². The van der Waals surface area contributed by atoms with E-state index in [1.807, 2.05) is 13.8 Å². The lowest BCUT2D eigenvalue weighted by molar-refractivity contribution is -0.141. The second-order valence-electron chi connectivity index (χ2n) is 1.47. The summed E-state index contributed by atoms with van der Waals surface area (Å²) in [4.78, 5) is 0. The van der Waals surface area contributed by atoms with Gasteiger partial charge in [-0.1, -0.05) is 13.8 Å². The molecule has 0 spiro atoms. The predicted molar refractivity (Wildman–Crippen MR) is 34.9 cm³/mol. The Morgan fingerprint density at radius 1 is 1.36 bits per heavy atom. The van der Waals surface area contributed by atoms with Gasteiger partial charge in [0.05, 0.1) is 0 Å². The third-order valence-corrected chi connectivity index (χ3v) is 0.806. The number of rotatable bonds is 0. The zero-order chi connectivity index (χ0) is 8.91. The van der Waals surface area contributed by atoms with Crippen LogP contribution in [0.15, 0.2) is 12.3 Å². The summed E-state index contributed by atoms with van der Waals surface area (Å²) in [6.07, 6.45) is -3.24. The largest absolute Gasteiger partial charge is 0.432 e. The van der Waals surface area contributed by atoms with Gasteiger partial charge in [0, 0.05) is 6.20 Å². The van der Waals surface area contributed by atoms with Crippen LogP contribution in [0.4, 0.5) is 13.2 Å². The monoisotopic (exact) mass is 166 g/mol. The molecule has 1 aromatic heterocycles. The zero-order valence-electron chi connectivity index (χ0n) is 6.24. The van der Waals surface area contributed by atoms with E-state index in [-0.39, 0.29) is 0 Å². The van der Waals surface area contributed by atoms with Crippen molar-refractivity contribution in [3.63, 3.8) is 0 Å². The molecule has 1 aromatic rings. The Labute approximate surface area is 62.4 Å². The minimum atomic E-state index is -4.30. The van der Waals surface area contributed by atoms with Crippen molar-refractivity contribution in [3.05, 3.63) is 18.0 Å². The highest BCUT2D eigenvalue weighted by Crippen LogP contribution is 2.26. The minimum Gasteiger partial charge on any atom is -0.274 e. The van der Waals surface area contributed by atoms with Crippen molar-refractivity contribution >= 4 is 0 Å². The van der Waals surface area contributed by atoms with Crippen LogP contribution in [0, 0.1) is 0 Å². The van der Waals surface area contributed by atoms with Crippen molar-refractivity contribution < 1.29 is 13.2 Å². The molecule has 0 aliphatic carbocycles. The first-order chi connectivity index (χ1) is 5.11. The highest BCUT2D eigenvalue weighted by Gasteiger charge is 2.31. The van der Waals surface area contributed by atoms with E-state index in [0.717, 1.165) is 12.3 Å². The number of alkyl halides is 3. The van der Waals surface area contributed by atoms with Crippen LogP contribution in [-0.2, 0) is 6.18 Å². The lowest BCUT2D eigenvalue weighted by Crippen LogP contribution is -2.04. The molecule has 11 heavy (non-hydrogen) atoms. The van der Waals surface area contributed by atoms with E-state index >= 15 is 0 Å². The van der Waals surface area contributed by atoms with Crippen LogP contribution in [0.3, 0.4) is 0 Å². The van der Waals surface area contributed by atoms with Crippen molar-refractivity contribution in [3.8, 4) is 0 Å². The van der Waals surface area contributed by atoms with E-state index in [4.69, 9.17) is 0 Å². The summed E-state index contributed by atoms with van der Waals surface area (Å²) in [5, 5.41) is 4.95. The van der Waals surface area contributed by atoms with E-state index in [0.29, 0.717) is 0 Å². The fourth-order valence-corrected chi connectivity index (χ4v) is 0.414. The van der Waals surface area contributed by atoms with Gasteiger partial charge in [0.15, 0.2) is 0 Å². The molecule has 0 saturated heterocycles. The molecule has 1 N–H and O–H groups in total. The number of hydrogen-bond acceptors (Lipinski definition) is 1. The Balaban J connectivity index is 0.000000461. The number of aromatic amines is 1. The molecule has 0 bridgehead atoms. The average Bonchev–Trinajstić information content (AvgIpc) is 2.40. The summed E-state index contributed by atoms with van der Waals surface area (Å²) in [7, 11) is 0. The number of aromatic nitrogens is 2. The summed E-state index contributed by atoms with van der Waals surface area (Å²) in [6, 6.07) is 0.875. The number of H-pyrrole nitrogens is 1. The lowest BCUT2D eigenvalue weighted by atomic mass is 10.4. The third-order valence-electron chi connectivity index (χ3n) is 0.806. The summed E-state index contributed by atoms with van der Waals surface area (Å²) < 4.78 is 34.6. The van der Waals surface area contributed by atoms with Gasteiger partial charge in [-0.25, -0.2) is 0 Å². The smallest absolute Gasteiger partial charge is 0.274 e. The lowest BCUT2D eigenvalue weighted by Gasteiger charge is -1.99. The fourth-order valence-electron chi connectivity index (χ4n) is 0.414. The van der Waals surface area contributed by atoms with Gasteiger partial charge >= 0.3 is 6.18 Å². The van der Waals surface area contributed by atoms with Crippen LogP contribution in [-0.4, -0.2) is 10.2 Å². The maximum atomic E-state index is 11.5. The van der Waals surface area contributed by atoms with Crippen LogP contribution in [0.1, 0.15) is 19.5 Å². The SMILES string of the molecule is CC.FC(F)(F)c1ccn[nH]1. The first-order valence-electron chi connectivity index (χ1n) is 3.17. The molecule has 1 heterocycles. The first-order valence-corrected chi connectivity index (χ1v) is 3.17. The topological polar surface area (TPSA) is 28.7 Å². The molecule has 0 amide bonds. The highest BCUT2D eigenvalue weighted by atomic mass is 19.4. The third kappa shape index (κ3) is 3.06. The Morgan fingerprint density at radius 2 is 1.91 bits per heavy atom. The van der Waals surface area contributed by atoms with Crippen molar-refractivity contribution in [2.45, 2.75) is 20.0 Å². The van der Waals surface area contributed by atoms with E-state index in [1.54, 1.807) is 5.10 Å². The number of nitrogens with one attached hydrogen (secondary N) is 1. The van der Waals surface area contributed by atoms with E-state index in [2.05, 4.69) is 5.10 Å². The average molecular weight is 166 g/mol. The van der Waals surface area contributed by atoms with E-state index in [1.165, 1.54) is 0 Å². The second-order valence-corrected chi connectivity index (χ2v) is 1.47. The fraction of sp³-hybridized carbons (Fsp3) is 0.500. The standard InChI is InChI=1S/C4H3F3N2.C2H6/c5-4(6,7)3-1-2-8-9-3;1-2/h1-2H,(H,8,9);1-2H3. The molecular weight excluding hydrogens is 157 g/mol. The normalized spacial score (nSPS) is 10.3. The minimum absolute atomic E-state index is 0.817. The molecule has 0 aromatic carbocycles. The molecule has 0 radical (unpaired) electrons. The van der Waals surface area contributed by atoms with Gasteiger partial charge in [-0.05, 0) is 6.07 Å². The summed E-state index contributed by atoms with van der Waals surface area (Å²) in [5.41, 5.74) is -0.817. The summed E-state index contributed by atoms with van der Waals surface area (Å²) in [5.74, 6) is 0. The van der Waals surface area contributed by atoms with Gasteiger partial charge in [-0.3, -0.25) is 5.10 Å². The predicted octanol–water partition coefficient (Wildman–Crippen LogP) is 2.45. The molecule has 0 aliphatic heterocycles. The number of nitrogens with zero attached hydrogens (tertiary/aromatic N) is 1. The Bertz CT molecular complexity index is 178. The zero-order valence-corrected chi connectivity index (χ0v) is 6.24. The van der Waals surface area contributed by atoms with Crippen LogP contribution < -0.4 is 0 Å². The molecule has 64 valence electrons. The van der Waals surface area contributed by atoms with Crippen molar-refractivity contribution in [2.75, 3.05) is 0 Å².